The van der Waals surface area contributed by atoms with Gasteiger partial charge in [0.15, 0.2) is 0 Å². The van der Waals surface area contributed by atoms with E-state index in [9.17, 15) is 14.4 Å². The van der Waals surface area contributed by atoms with Gasteiger partial charge >= 0.3 is 6.03 Å². The molecule has 0 unspecified atom stereocenters. The Hall–Kier alpha value is -2.15. The first-order chi connectivity index (χ1) is 12.9. The van der Waals surface area contributed by atoms with Crippen LogP contribution in [0.4, 0.5) is 4.79 Å². The summed E-state index contributed by atoms with van der Waals surface area (Å²) in [5.74, 6) is -0.746. The van der Waals surface area contributed by atoms with E-state index in [0.29, 0.717) is 12.1 Å². The Kier molecular flexibility index (Phi) is 5.99. The van der Waals surface area contributed by atoms with Gasteiger partial charge < -0.3 is 10.6 Å². The maximum absolute atomic E-state index is 12.8. The number of hydrogen-bond acceptors (Lipinski definition) is 3. The van der Waals surface area contributed by atoms with Crippen molar-refractivity contribution in [2.45, 2.75) is 44.6 Å². The SMILES string of the molecule is C[C@@]1(c2cccc(Br)c2)NC(=O)N(CC(=O)NCCC2=CCCCC2)C1=O. The second kappa shape index (κ2) is 8.25. The zero-order valence-electron chi connectivity index (χ0n) is 15.4. The highest BCUT2D eigenvalue weighted by molar-refractivity contribution is 9.10. The van der Waals surface area contributed by atoms with E-state index in [0.717, 1.165) is 28.6 Å². The first kappa shape index (κ1) is 19.6. The predicted molar refractivity (Wildman–Crippen MR) is 106 cm³/mol. The maximum Gasteiger partial charge on any atom is 0.325 e. The van der Waals surface area contributed by atoms with Crippen LogP contribution in [0.5, 0.6) is 0 Å². The minimum atomic E-state index is -1.17. The molecule has 0 saturated carbocycles. The summed E-state index contributed by atoms with van der Waals surface area (Å²) in [6, 6.07) is 6.68. The van der Waals surface area contributed by atoms with E-state index < -0.39 is 17.5 Å². The number of amides is 4. The molecule has 0 radical (unpaired) electrons. The number of nitrogens with one attached hydrogen (secondary N) is 2. The lowest BCUT2D eigenvalue weighted by molar-refractivity contribution is -0.134. The van der Waals surface area contributed by atoms with Gasteiger partial charge in [-0.05, 0) is 56.7 Å². The van der Waals surface area contributed by atoms with Crippen molar-refractivity contribution in [3.05, 3.63) is 46.0 Å². The van der Waals surface area contributed by atoms with Crippen molar-refractivity contribution < 1.29 is 14.4 Å². The number of urea groups is 1. The summed E-state index contributed by atoms with van der Waals surface area (Å²) in [6.45, 7) is 1.91. The molecule has 1 heterocycles. The van der Waals surface area contributed by atoms with E-state index in [2.05, 4.69) is 32.6 Å². The van der Waals surface area contributed by atoms with E-state index >= 15 is 0 Å². The summed E-state index contributed by atoms with van der Waals surface area (Å²) >= 11 is 3.38. The molecular weight excluding hydrogens is 410 g/mol. The second-order valence-electron chi connectivity index (χ2n) is 7.16. The number of halogens is 1. The van der Waals surface area contributed by atoms with Crippen LogP contribution < -0.4 is 10.6 Å². The minimum absolute atomic E-state index is 0.271. The average Bonchev–Trinajstić information content (AvgIpc) is 2.87. The topological polar surface area (TPSA) is 78.5 Å². The van der Waals surface area contributed by atoms with Crippen LogP contribution in [0.25, 0.3) is 0 Å². The van der Waals surface area contributed by atoms with Crippen molar-refractivity contribution >= 4 is 33.8 Å². The molecule has 0 bridgehead atoms. The first-order valence-corrected chi connectivity index (χ1v) is 10.0. The smallest absolute Gasteiger partial charge is 0.325 e. The van der Waals surface area contributed by atoms with Crippen LogP contribution in [0.1, 0.15) is 44.6 Å². The van der Waals surface area contributed by atoms with Crippen molar-refractivity contribution in [2.24, 2.45) is 0 Å². The Morgan fingerprint density at radius 2 is 2.15 bits per heavy atom. The molecule has 1 aliphatic carbocycles. The molecule has 0 aromatic heterocycles. The third-order valence-electron chi connectivity index (χ3n) is 5.13. The standard InChI is InChI=1S/C20H24BrN3O3/c1-20(15-8-5-9-16(21)12-15)18(26)24(19(27)23-20)13-17(25)22-11-10-14-6-3-2-4-7-14/h5-6,8-9,12H,2-4,7,10-11,13H2,1H3,(H,22,25)(H,23,27)/t20-/m0/s1. The van der Waals surface area contributed by atoms with Crippen molar-refractivity contribution in [1.29, 1.82) is 0 Å². The Balaban J connectivity index is 1.58. The van der Waals surface area contributed by atoms with Crippen LogP contribution in [0.3, 0.4) is 0 Å². The zero-order chi connectivity index (χ0) is 19.4. The number of carbonyl (C=O) groups excluding carboxylic acids is 3. The highest BCUT2D eigenvalue weighted by atomic mass is 79.9. The Labute approximate surface area is 167 Å². The molecule has 1 fully saturated rings. The predicted octanol–water partition coefficient (Wildman–Crippen LogP) is 3.22. The zero-order valence-corrected chi connectivity index (χ0v) is 17.0. The normalized spacial score (nSPS) is 22.4. The van der Waals surface area contributed by atoms with E-state index in [1.54, 1.807) is 25.1 Å². The molecular formula is C20H24BrN3O3. The van der Waals surface area contributed by atoms with Gasteiger partial charge in [0.1, 0.15) is 12.1 Å². The fourth-order valence-electron chi connectivity index (χ4n) is 3.53. The van der Waals surface area contributed by atoms with Crippen molar-refractivity contribution in [1.82, 2.24) is 15.5 Å². The molecule has 1 saturated heterocycles. The highest BCUT2D eigenvalue weighted by Crippen LogP contribution is 2.30. The molecule has 1 aromatic rings. The quantitative estimate of drug-likeness (QED) is 0.533. The van der Waals surface area contributed by atoms with Crippen LogP contribution in [0.15, 0.2) is 40.4 Å². The molecule has 4 amide bonds. The number of benzene rings is 1. The molecule has 1 atom stereocenters. The molecule has 3 rings (SSSR count). The van der Waals surface area contributed by atoms with Gasteiger partial charge in [-0.25, -0.2) is 4.79 Å². The van der Waals surface area contributed by atoms with Crippen LogP contribution in [-0.2, 0) is 15.1 Å². The molecule has 1 aromatic carbocycles. The second-order valence-corrected chi connectivity index (χ2v) is 8.08. The van der Waals surface area contributed by atoms with Gasteiger partial charge in [0.25, 0.3) is 5.91 Å². The van der Waals surface area contributed by atoms with Gasteiger partial charge in [0.05, 0.1) is 0 Å². The van der Waals surface area contributed by atoms with E-state index in [-0.39, 0.29) is 12.5 Å². The lowest BCUT2D eigenvalue weighted by Crippen LogP contribution is -2.43. The van der Waals surface area contributed by atoms with Crippen molar-refractivity contribution in [3.8, 4) is 0 Å². The van der Waals surface area contributed by atoms with Crippen LogP contribution in [-0.4, -0.2) is 35.8 Å². The Morgan fingerprint density at radius 1 is 1.33 bits per heavy atom. The monoisotopic (exact) mass is 433 g/mol. The lowest BCUT2D eigenvalue weighted by atomic mass is 9.92. The maximum atomic E-state index is 12.8. The van der Waals surface area contributed by atoms with Crippen molar-refractivity contribution in [2.75, 3.05) is 13.1 Å². The van der Waals surface area contributed by atoms with E-state index in [1.807, 2.05) is 6.07 Å². The molecule has 144 valence electrons. The molecule has 2 aliphatic rings. The van der Waals surface area contributed by atoms with Gasteiger partial charge in [0.2, 0.25) is 5.91 Å². The summed E-state index contributed by atoms with van der Waals surface area (Å²) in [4.78, 5) is 38.4. The van der Waals surface area contributed by atoms with Gasteiger partial charge in [-0.3, -0.25) is 14.5 Å². The van der Waals surface area contributed by atoms with Crippen molar-refractivity contribution in [3.63, 3.8) is 0 Å². The summed E-state index contributed by atoms with van der Waals surface area (Å²) in [5, 5.41) is 5.53. The van der Waals surface area contributed by atoms with Gasteiger partial charge in [0, 0.05) is 11.0 Å². The fraction of sp³-hybridized carbons (Fsp3) is 0.450. The molecule has 2 N–H and O–H groups in total. The summed E-state index contributed by atoms with van der Waals surface area (Å²) in [6.07, 6.45) is 7.71. The fourth-order valence-corrected chi connectivity index (χ4v) is 3.93. The molecule has 27 heavy (non-hydrogen) atoms. The first-order valence-electron chi connectivity index (χ1n) is 9.25. The van der Waals surface area contributed by atoms with E-state index in [4.69, 9.17) is 0 Å². The largest absolute Gasteiger partial charge is 0.354 e. The number of carbonyl (C=O) groups is 3. The third kappa shape index (κ3) is 4.40. The summed E-state index contributed by atoms with van der Waals surface area (Å²) in [5.41, 5.74) is 0.870. The number of hydrogen-bond donors (Lipinski definition) is 2. The Morgan fingerprint density at radius 3 is 2.85 bits per heavy atom. The lowest BCUT2D eigenvalue weighted by Gasteiger charge is -2.22. The molecule has 6 nitrogen and oxygen atoms in total. The number of nitrogens with zero attached hydrogens (tertiary/aromatic N) is 1. The van der Waals surface area contributed by atoms with Gasteiger partial charge in [-0.15, -0.1) is 0 Å². The minimum Gasteiger partial charge on any atom is -0.354 e. The molecule has 0 spiro atoms. The third-order valence-corrected chi connectivity index (χ3v) is 5.63. The highest BCUT2D eigenvalue weighted by Gasteiger charge is 2.49. The van der Waals surface area contributed by atoms with Crippen LogP contribution in [0.2, 0.25) is 0 Å². The Bertz CT molecular complexity index is 792. The number of imide groups is 1. The van der Waals surface area contributed by atoms with Gasteiger partial charge in [-0.1, -0.05) is 39.7 Å². The van der Waals surface area contributed by atoms with Crippen LogP contribution >= 0.6 is 15.9 Å². The van der Waals surface area contributed by atoms with E-state index in [1.165, 1.54) is 18.4 Å². The summed E-state index contributed by atoms with van der Waals surface area (Å²) in [7, 11) is 0. The molecule has 7 heteroatoms. The number of rotatable bonds is 6. The number of allylic oxidation sites excluding steroid dienone is 1. The summed E-state index contributed by atoms with van der Waals surface area (Å²) < 4.78 is 0.816. The average molecular weight is 434 g/mol. The van der Waals surface area contributed by atoms with Crippen LogP contribution in [0, 0.1) is 0 Å². The van der Waals surface area contributed by atoms with Gasteiger partial charge in [-0.2, -0.15) is 0 Å². The molecule has 1 aliphatic heterocycles.